The van der Waals surface area contributed by atoms with Crippen molar-refractivity contribution in [2.24, 2.45) is 22.2 Å². The van der Waals surface area contributed by atoms with Crippen LogP contribution < -0.4 is 33.2 Å². The second kappa shape index (κ2) is 43.3. The summed E-state index contributed by atoms with van der Waals surface area (Å²) in [6.07, 6.45) is 35.6. The average Bonchev–Trinajstić information content (AvgIpc) is 3.23. The van der Waals surface area contributed by atoms with Gasteiger partial charge in [0.2, 0.25) is 29.5 Å². The van der Waals surface area contributed by atoms with Crippen LogP contribution in [-0.4, -0.2) is 79.2 Å². The van der Waals surface area contributed by atoms with Gasteiger partial charge in [-0.2, -0.15) is 0 Å². The molecule has 5 amide bonds. The molecule has 0 unspecified atom stereocenters. The van der Waals surface area contributed by atoms with E-state index >= 15 is 0 Å². The van der Waals surface area contributed by atoms with Gasteiger partial charge < -0.3 is 38.1 Å². The van der Waals surface area contributed by atoms with Gasteiger partial charge in [0.15, 0.2) is 5.96 Å². The van der Waals surface area contributed by atoms with Crippen molar-refractivity contribution in [3.63, 3.8) is 0 Å². The summed E-state index contributed by atoms with van der Waals surface area (Å²) in [4.78, 5) is 68.6. The molecule has 9 N–H and O–H groups in total. The lowest BCUT2D eigenvalue weighted by Crippen LogP contribution is -2.45. The summed E-state index contributed by atoms with van der Waals surface area (Å²) in [5.41, 5.74) is 16.2. The standard InChI is InChI=1S/C48H94N8O5/c1-3-5-7-9-11-13-15-17-19-21-23-25-27-33-43(57)52-38-30-40-56(46(60)36-35-45(59)55-42(47(49)61)32-29-37-54-48(50)51)41-31-39-53-44(58)34-28-26-24-22-20-18-16-14-12-10-8-6-4-2/h42H,3-41H2,1-2H3,(H2,49,61)(H,52,57)(H,53,58)(H,55,59)(H4,50,51,54)/t42-/m0/s1. The van der Waals surface area contributed by atoms with Gasteiger partial charge in [-0.1, -0.05) is 168 Å². The Morgan fingerprint density at radius 1 is 0.459 bits per heavy atom. The molecule has 0 saturated heterocycles. The molecule has 61 heavy (non-hydrogen) atoms. The van der Waals surface area contributed by atoms with Crippen LogP contribution in [0.5, 0.6) is 0 Å². The van der Waals surface area contributed by atoms with Crippen molar-refractivity contribution in [1.29, 1.82) is 0 Å². The van der Waals surface area contributed by atoms with Crippen LogP contribution in [0.4, 0.5) is 0 Å². The van der Waals surface area contributed by atoms with Crippen LogP contribution >= 0.6 is 0 Å². The molecule has 356 valence electrons. The van der Waals surface area contributed by atoms with Gasteiger partial charge in [0.25, 0.3) is 0 Å². The van der Waals surface area contributed by atoms with Gasteiger partial charge in [-0.15, -0.1) is 0 Å². The Kier molecular flexibility index (Phi) is 40.9. The Hall–Kier alpha value is -3.38. The van der Waals surface area contributed by atoms with E-state index in [9.17, 15) is 24.0 Å². The predicted octanol–water partition coefficient (Wildman–Crippen LogP) is 8.59. The minimum absolute atomic E-state index is 0.0335. The molecule has 0 rings (SSSR count). The zero-order valence-corrected chi connectivity index (χ0v) is 39.3. The first-order chi connectivity index (χ1) is 29.6. The minimum Gasteiger partial charge on any atom is -0.370 e. The molecular formula is C48H94N8O5. The summed E-state index contributed by atoms with van der Waals surface area (Å²) in [6.45, 7) is 6.56. The van der Waals surface area contributed by atoms with E-state index < -0.39 is 17.9 Å². The second-order valence-corrected chi connectivity index (χ2v) is 17.2. The van der Waals surface area contributed by atoms with E-state index in [2.05, 4.69) is 34.8 Å². The van der Waals surface area contributed by atoms with Crippen molar-refractivity contribution in [3.05, 3.63) is 0 Å². The van der Waals surface area contributed by atoms with E-state index in [1.54, 1.807) is 4.90 Å². The summed E-state index contributed by atoms with van der Waals surface area (Å²) in [5, 5.41) is 8.63. The highest BCUT2D eigenvalue weighted by molar-refractivity contribution is 5.88. The lowest BCUT2D eigenvalue weighted by atomic mass is 10.0. The van der Waals surface area contributed by atoms with Gasteiger partial charge >= 0.3 is 0 Å². The molecular weight excluding hydrogens is 769 g/mol. The first-order valence-electron chi connectivity index (χ1n) is 25.1. The zero-order chi connectivity index (χ0) is 45.0. The number of rotatable bonds is 45. The SMILES string of the molecule is CCCCCCCCCCCCCCCC(=O)NCCCN(CCCNC(=O)CCCCCCCCCCCCCCC)C(=O)CCC(=O)N[C@@H](CCCN=C(N)N)C(N)=O. The van der Waals surface area contributed by atoms with Crippen LogP contribution in [0.3, 0.4) is 0 Å². The summed E-state index contributed by atoms with van der Waals surface area (Å²) >= 11 is 0. The number of guanidine groups is 1. The third kappa shape index (κ3) is 40.5. The van der Waals surface area contributed by atoms with Crippen LogP contribution in [0.1, 0.15) is 232 Å². The van der Waals surface area contributed by atoms with Crippen molar-refractivity contribution in [1.82, 2.24) is 20.9 Å². The van der Waals surface area contributed by atoms with Crippen molar-refractivity contribution >= 4 is 35.5 Å². The van der Waals surface area contributed by atoms with Crippen molar-refractivity contribution in [2.45, 2.75) is 238 Å². The molecule has 0 heterocycles. The molecule has 0 bridgehead atoms. The Labute approximate surface area is 372 Å². The Balaban J connectivity index is 4.58. The highest BCUT2D eigenvalue weighted by Gasteiger charge is 2.20. The lowest BCUT2D eigenvalue weighted by Gasteiger charge is -2.23. The number of aliphatic imine (C=N–C) groups is 1. The molecule has 0 radical (unpaired) electrons. The summed E-state index contributed by atoms with van der Waals surface area (Å²) in [6, 6.07) is -0.889. The Morgan fingerprint density at radius 3 is 1.20 bits per heavy atom. The van der Waals surface area contributed by atoms with Gasteiger partial charge in [-0.3, -0.25) is 29.0 Å². The number of unbranched alkanes of at least 4 members (excludes halogenated alkanes) is 24. The third-order valence-corrected chi connectivity index (χ3v) is 11.4. The monoisotopic (exact) mass is 863 g/mol. The molecule has 0 aliphatic heterocycles. The number of hydrogen-bond donors (Lipinski definition) is 6. The quantitative estimate of drug-likeness (QED) is 0.0199. The average molecular weight is 863 g/mol. The number of nitrogens with zero attached hydrogens (tertiary/aromatic N) is 2. The van der Waals surface area contributed by atoms with Gasteiger partial charge in [0, 0.05) is 58.4 Å². The van der Waals surface area contributed by atoms with Gasteiger partial charge in [0.05, 0.1) is 0 Å². The summed E-state index contributed by atoms with van der Waals surface area (Å²) in [7, 11) is 0. The van der Waals surface area contributed by atoms with Crippen molar-refractivity contribution in [3.8, 4) is 0 Å². The van der Waals surface area contributed by atoms with E-state index in [1.165, 1.54) is 141 Å². The van der Waals surface area contributed by atoms with E-state index in [1.807, 2.05) is 0 Å². The molecule has 0 fully saturated rings. The first kappa shape index (κ1) is 57.6. The molecule has 0 aliphatic rings. The van der Waals surface area contributed by atoms with Crippen LogP contribution in [-0.2, 0) is 24.0 Å². The number of hydrogen-bond acceptors (Lipinski definition) is 6. The van der Waals surface area contributed by atoms with Gasteiger partial charge in [-0.05, 0) is 38.5 Å². The zero-order valence-electron chi connectivity index (χ0n) is 39.3. The van der Waals surface area contributed by atoms with E-state index in [0.29, 0.717) is 64.8 Å². The van der Waals surface area contributed by atoms with Crippen molar-refractivity contribution < 1.29 is 24.0 Å². The highest BCUT2D eigenvalue weighted by atomic mass is 16.2. The maximum absolute atomic E-state index is 13.3. The van der Waals surface area contributed by atoms with E-state index in [-0.39, 0.29) is 42.9 Å². The molecule has 0 aromatic rings. The van der Waals surface area contributed by atoms with Crippen LogP contribution in [0, 0.1) is 0 Å². The minimum atomic E-state index is -0.889. The molecule has 0 aliphatic carbocycles. The van der Waals surface area contributed by atoms with Gasteiger partial charge in [0.1, 0.15) is 6.04 Å². The predicted molar refractivity (Wildman–Crippen MR) is 253 cm³/mol. The number of amides is 5. The molecule has 0 spiro atoms. The number of nitrogens with one attached hydrogen (secondary N) is 3. The molecule has 13 nitrogen and oxygen atoms in total. The molecule has 0 aromatic carbocycles. The lowest BCUT2D eigenvalue weighted by molar-refractivity contribution is -0.134. The number of nitrogens with two attached hydrogens (primary N) is 3. The van der Waals surface area contributed by atoms with Crippen molar-refractivity contribution in [2.75, 3.05) is 32.7 Å². The highest BCUT2D eigenvalue weighted by Crippen LogP contribution is 2.15. The normalized spacial score (nSPS) is 11.5. The maximum atomic E-state index is 13.3. The molecule has 1 atom stereocenters. The Morgan fingerprint density at radius 2 is 0.836 bits per heavy atom. The fourth-order valence-corrected chi connectivity index (χ4v) is 7.57. The second-order valence-electron chi connectivity index (χ2n) is 17.2. The summed E-state index contributed by atoms with van der Waals surface area (Å²) in [5.74, 6) is -1.30. The molecule has 13 heteroatoms. The smallest absolute Gasteiger partial charge is 0.240 e. The largest absolute Gasteiger partial charge is 0.370 e. The first-order valence-corrected chi connectivity index (χ1v) is 25.1. The van der Waals surface area contributed by atoms with Crippen LogP contribution in [0.25, 0.3) is 0 Å². The topological polar surface area (TPSA) is 215 Å². The maximum Gasteiger partial charge on any atom is 0.240 e. The summed E-state index contributed by atoms with van der Waals surface area (Å²) < 4.78 is 0. The fourth-order valence-electron chi connectivity index (χ4n) is 7.57. The Bertz CT molecular complexity index is 1080. The number of primary amides is 1. The van der Waals surface area contributed by atoms with E-state index in [4.69, 9.17) is 17.2 Å². The van der Waals surface area contributed by atoms with E-state index in [0.717, 1.165) is 25.7 Å². The molecule has 0 saturated carbocycles. The third-order valence-electron chi connectivity index (χ3n) is 11.4. The van der Waals surface area contributed by atoms with Crippen LogP contribution in [0.15, 0.2) is 4.99 Å². The fraction of sp³-hybridized carbons (Fsp3) is 0.875. The van der Waals surface area contributed by atoms with Crippen LogP contribution in [0.2, 0.25) is 0 Å². The molecule has 0 aromatic heterocycles. The number of carbonyl (C=O) groups excluding carboxylic acids is 5. The van der Waals surface area contributed by atoms with Gasteiger partial charge in [-0.25, -0.2) is 0 Å². The number of carbonyl (C=O) groups is 5.